The fourth-order valence-electron chi connectivity index (χ4n) is 2.05. The van der Waals surface area contributed by atoms with Crippen molar-refractivity contribution in [3.63, 3.8) is 0 Å². The Labute approximate surface area is 70.7 Å². The predicted octanol–water partition coefficient (Wildman–Crippen LogP) is 3.63. The maximum atomic E-state index is 2.41. The molecule has 1 aliphatic rings. The molecule has 0 aliphatic heterocycles. The lowest BCUT2D eigenvalue weighted by molar-refractivity contribution is 0.348. The molecule has 0 saturated carbocycles. The molecule has 0 nitrogen and oxygen atoms in total. The highest BCUT2D eigenvalue weighted by molar-refractivity contribution is 4.97. The summed E-state index contributed by atoms with van der Waals surface area (Å²) in [6.45, 7) is 7.02. The van der Waals surface area contributed by atoms with E-state index in [-0.39, 0.29) is 0 Å². The molecule has 0 saturated heterocycles. The van der Waals surface area contributed by atoms with Gasteiger partial charge in [0.15, 0.2) is 0 Å². The van der Waals surface area contributed by atoms with E-state index < -0.39 is 0 Å². The summed E-state index contributed by atoms with van der Waals surface area (Å²) in [6, 6.07) is 0. The molecular weight excluding hydrogens is 132 g/mol. The van der Waals surface area contributed by atoms with Crippen LogP contribution in [0.2, 0.25) is 0 Å². The van der Waals surface area contributed by atoms with Crippen molar-refractivity contribution in [2.24, 2.45) is 17.8 Å². The van der Waals surface area contributed by atoms with Gasteiger partial charge in [0.05, 0.1) is 0 Å². The van der Waals surface area contributed by atoms with Gasteiger partial charge >= 0.3 is 0 Å². The number of hydrogen-bond acceptors (Lipinski definition) is 0. The summed E-state index contributed by atoms with van der Waals surface area (Å²) >= 11 is 0. The van der Waals surface area contributed by atoms with Crippen LogP contribution in [0.4, 0.5) is 0 Å². The molecule has 1 rings (SSSR count). The Bertz CT molecular complexity index is 133. The molecule has 0 spiro atoms. The standard InChI is InChI=1S/C11H20/c1-9(2)8-10(3)11-6-4-5-7-11/h4,6,9-11H,5,7-8H2,1-3H3. The predicted molar refractivity (Wildman–Crippen MR) is 50.5 cm³/mol. The van der Waals surface area contributed by atoms with E-state index in [1.54, 1.807) is 0 Å². The van der Waals surface area contributed by atoms with Gasteiger partial charge in [-0.3, -0.25) is 0 Å². The average Bonchev–Trinajstić information content (AvgIpc) is 2.35. The summed E-state index contributed by atoms with van der Waals surface area (Å²) in [6.07, 6.45) is 8.84. The smallest absolute Gasteiger partial charge is 0.0205 e. The highest BCUT2D eigenvalue weighted by atomic mass is 14.2. The molecule has 0 heterocycles. The van der Waals surface area contributed by atoms with E-state index in [0.29, 0.717) is 0 Å². The summed E-state index contributed by atoms with van der Waals surface area (Å²) in [4.78, 5) is 0. The first-order valence-electron chi connectivity index (χ1n) is 4.87. The van der Waals surface area contributed by atoms with Crippen molar-refractivity contribution in [1.29, 1.82) is 0 Å². The van der Waals surface area contributed by atoms with Crippen LogP contribution in [-0.2, 0) is 0 Å². The van der Waals surface area contributed by atoms with Gasteiger partial charge in [-0.05, 0) is 37.0 Å². The first-order chi connectivity index (χ1) is 5.20. The summed E-state index contributed by atoms with van der Waals surface area (Å²) < 4.78 is 0. The molecule has 0 fully saturated rings. The fraction of sp³-hybridized carbons (Fsp3) is 0.818. The number of hydrogen-bond donors (Lipinski definition) is 0. The third-order valence-corrected chi connectivity index (χ3v) is 2.62. The van der Waals surface area contributed by atoms with Crippen LogP contribution in [0.3, 0.4) is 0 Å². The van der Waals surface area contributed by atoms with Gasteiger partial charge in [-0.15, -0.1) is 0 Å². The molecule has 2 atom stereocenters. The molecule has 64 valence electrons. The molecule has 0 aromatic carbocycles. The van der Waals surface area contributed by atoms with Gasteiger partial charge in [0.25, 0.3) is 0 Å². The first-order valence-corrected chi connectivity index (χ1v) is 4.87. The quantitative estimate of drug-likeness (QED) is 0.542. The first kappa shape index (κ1) is 8.83. The summed E-state index contributed by atoms with van der Waals surface area (Å²) in [5, 5.41) is 0. The lowest BCUT2D eigenvalue weighted by Gasteiger charge is -2.19. The second-order valence-electron chi connectivity index (χ2n) is 4.28. The topological polar surface area (TPSA) is 0 Å². The van der Waals surface area contributed by atoms with Crippen LogP contribution in [-0.4, -0.2) is 0 Å². The van der Waals surface area contributed by atoms with E-state index in [4.69, 9.17) is 0 Å². The SMILES string of the molecule is CC(C)CC(C)C1C=CCC1. The van der Waals surface area contributed by atoms with Crippen LogP contribution in [0.5, 0.6) is 0 Å². The minimum atomic E-state index is 0.860. The molecule has 0 radical (unpaired) electrons. The molecule has 0 aromatic rings. The van der Waals surface area contributed by atoms with E-state index in [0.717, 1.165) is 17.8 Å². The Kier molecular flexibility index (Phi) is 3.16. The zero-order chi connectivity index (χ0) is 8.27. The third kappa shape index (κ3) is 2.69. The Morgan fingerprint density at radius 1 is 1.36 bits per heavy atom. The Hall–Kier alpha value is -0.260. The maximum absolute atomic E-state index is 2.41. The number of allylic oxidation sites excluding steroid dienone is 2. The Morgan fingerprint density at radius 2 is 2.09 bits per heavy atom. The minimum Gasteiger partial charge on any atom is -0.0882 e. The molecule has 1 aliphatic carbocycles. The second-order valence-corrected chi connectivity index (χ2v) is 4.28. The molecule has 0 N–H and O–H groups in total. The zero-order valence-electron chi connectivity index (χ0n) is 8.01. The van der Waals surface area contributed by atoms with Crippen molar-refractivity contribution in [1.82, 2.24) is 0 Å². The van der Waals surface area contributed by atoms with Crippen molar-refractivity contribution in [2.75, 3.05) is 0 Å². The second kappa shape index (κ2) is 3.94. The van der Waals surface area contributed by atoms with Crippen LogP contribution >= 0.6 is 0 Å². The summed E-state index contributed by atoms with van der Waals surface area (Å²) in [5.74, 6) is 2.64. The van der Waals surface area contributed by atoms with Crippen LogP contribution in [0.1, 0.15) is 40.0 Å². The van der Waals surface area contributed by atoms with Gasteiger partial charge in [-0.1, -0.05) is 32.9 Å². The maximum Gasteiger partial charge on any atom is -0.0205 e. The van der Waals surface area contributed by atoms with Crippen LogP contribution in [0, 0.1) is 17.8 Å². The van der Waals surface area contributed by atoms with Crippen molar-refractivity contribution < 1.29 is 0 Å². The normalized spacial score (nSPS) is 26.4. The third-order valence-electron chi connectivity index (χ3n) is 2.62. The monoisotopic (exact) mass is 152 g/mol. The van der Waals surface area contributed by atoms with Gasteiger partial charge in [0.2, 0.25) is 0 Å². The van der Waals surface area contributed by atoms with Crippen LogP contribution < -0.4 is 0 Å². The largest absolute Gasteiger partial charge is 0.0882 e. The van der Waals surface area contributed by atoms with Gasteiger partial charge in [-0.2, -0.15) is 0 Å². The fourth-order valence-corrected chi connectivity index (χ4v) is 2.05. The molecule has 0 amide bonds. The van der Waals surface area contributed by atoms with Crippen molar-refractivity contribution in [3.05, 3.63) is 12.2 Å². The highest BCUT2D eigenvalue weighted by Gasteiger charge is 2.17. The average molecular weight is 152 g/mol. The van der Waals surface area contributed by atoms with Gasteiger partial charge in [-0.25, -0.2) is 0 Å². The van der Waals surface area contributed by atoms with Gasteiger partial charge in [0, 0.05) is 0 Å². The lowest BCUT2D eigenvalue weighted by atomic mass is 9.87. The molecule has 11 heavy (non-hydrogen) atoms. The van der Waals surface area contributed by atoms with E-state index >= 15 is 0 Å². The van der Waals surface area contributed by atoms with E-state index in [2.05, 4.69) is 32.9 Å². The van der Waals surface area contributed by atoms with Crippen molar-refractivity contribution >= 4 is 0 Å². The van der Waals surface area contributed by atoms with Gasteiger partial charge < -0.3 is 0 Å². The van der Waals surface area contributed by atoms with Crippen LogP contribution in [0.25, 0.3) is 0 Å². The van der Waals surface area contributed by atoms with Gasteiger partial charge in [0.1, 0.15) is 0 Å². The highest BCUT2D eigenvalue weighted by Crippen LogP contribution is 2.29. The molecular formula is C11H20. The molecule has 0 heteroatoms. The van der Waals surface area contributed by atoms with E-state index in [1.165, 1.54) is 19.3 Å². The zero-order valence-corrected chi connectivity index (χ0v) is 8.01. The van der Waals surface area contributed by atoms with Crippen molar-refractivity contribution in [3.8, 4) is 0 Å². The Balaban J connectivity index is 2.28. The summed E-state index contributed by atoms with van der Waals surface area (Å²) in [5.41, 5.74) is 0. The molecule has 2 unspecified atom stereocenters. The summed E-state index contributed by atoms with van der Waals surface area (Å²) in [7, 11) is 0. The molecule has 0 bridgehead atoms. The molecule has 0 aromatic heterocycles. The minimum absolute atomic E-state index is 0.860. The Morgan fingerprint density at radius 3 is 2.55 bits per heavy atom. The lowest BCUT2D eigenvalue weighted by Crippen LogP contribution is -2.09. The van der Waals surface area contributed by atoms with E-state index in [9.17, 15) is 0 Å². The van der Waals surface area contributed by atoms with Crippen molar-refractivity contribution in [2.45, 2.75) is 40.0 Å². The number of rotatable bonds is 3. The van der Waals surface area contributed by atoms with Crippen LogP contribution in [0.15, 0.2) is 12.2 Å². The van der Waals surface area contributed by atoms with E-state index in [1.807, 2.05) is 0 Å².